The minimum atomic E-state index is 0.994. The van der Waals surface area contributed by atoms with Gasteiger partial charge in [0.15, 0.2) is 0 Å². The molecule has 32 heavy (non-hydrogen) atoms. The van der Waals surface area contributed by atoms with E-state index in [2.05, 4.69) is 88.4 Å². The molecule has 0 fully saturated rings. The van der Waals surface area contributed by atoms with Crippen molar-refractivity contribution < 1.29 is 0 Å². The minimum absolute atomic E-state index is 0.994. The van der Waals surface area contributed by atoms with Crippen molar-refractivity contribution in [1.29, 1.82) is 0 Å². The third kappa shape index (κ3) is 4.92. The molecule has 4 rings (SSSR count). The Morgan fingerprint density at radius 1 is 0.469 bits per heavy atom. The summed E-state index contributed by atoms with van der Waals surface area (Å²) in [7, 11) is 0. The zero-order valence-electron chi connectivity index (χ0n) is 19.1. The molecule has 2 heteroatoms. The Hall–Kier alpha value is -3.78. The van der Waals surface area contributed by atoms with Crippen molar-refractivity contribution in [3.05, 3.63) is 118 Å². The van der Waals surface area contributed by atoms with Crippen LogP contribution in [0.15, 0.2) is 94.9 Å². The summed E-state index contributed by atoms with van der Waals surface area (Å²) in [6, 6.07) is 29.5. The third-order valence-electron chi connectivity index (χ3n) is 5.79. The lowest BCUT2D eigenvalue weighted by atomic mass is 10.00. The molecule has 158 valence electrons. The van der Waals surface area contributed by atoms with Crippen molar-refractivity contribution >= 4 is 23.8 Å². The number of rotatable bonds is 5. The molecule has 0 unspecified atom stereocenters. The number of nitrogens with zero attached hydrogens (tertiary/aromatic N) is 2. The molecule has 0 bridgehead atoms. The highest BCUT2D eigenvalue weighted by atomic mass is 14.7. The van der Waals surface area contributed by atoms with Gasteiger partial charge in [0.05, 0.1) is 11.4 Å². The number of hydrogen-bond acceptors (Lipinski definition) is 2. The van der Waals surface area contributed by atoms with Crippen LogP contribution >= 0.6 is 0 Å². The standard InChI is InChI=1S/C30H28N2/c1-21-9-5-7-11-27(21)19-31-29-15-13-25(17-23(29)3)26-14-16-30(24(4)18-26)32-20-28-12-8-6-10-22(28)2/h5-20H,1-4H3. The van der Waals surface area contributed by atoms with Crippen molar-refractivity contribution in [2.75, 3.05) is 0 Å². The number of aryl methyl sites for hydroxylation is 4. The molecule has 0 radical (unpaired) electrons. The smallest absolute Gasteiger partial charge is 0.0659 e. The summed E-state index contributed by atoms with van der Waals surface area (Å²) < 4.78 is 0. The van der Waals surface area contributed by atoms with Gasteiger partial charge in [-0.25, -0.2) is 0 Å². The summed E-state index contributed by atoms with van der Waals surface area (Å²) >= 11 is 0. The maximum Gasteiger partial charge on any atom is 0.0659 e. The topological polar surface area (TPSA) is 24.7 Å². The highest BCUT2D eigenvalue weighted by Gasteiger charge is 2.05. The Kier molecular flexibility index (Phi) is 6.42. The Bertz CT molecular complexity index is 1210. The van der Waals surface area contributed by atoms with Gasteiger partial charge in [-0.05, 0) is 96.5 Å². The van der Waals surface area contributed by atoms with Crippen LogP contribution in [-0.2, 0) is 0 Å². The lowest BCUT2D eigenvalue weighted by Crippen LogP contribution is -1.87. The molecule has 0 aliphatic carbocycles. The molecular formula is C30H28N2. The van der Waals surface area contributed by atoms with Crippen LogP contribution in [0.4, 0.5) is 11.4 Å². The Morgan fingerprint density at radius 2 is 0.875 bits per heavy atom. The van der Waals surface area contributed by atoms with E-state index >= 15 is 0 Å². The summed E-state index contributed by atoms with van der Waals surface area (Å²) in [6.07, 6.45) is 3.89. The zero-order chi connectivity index (χ0) is 22.5. The second-order valence-electron chi connectivity index (χ2n) is 8.23. The van der Waals surface area contributed by atoms with E-state index in [9.17, 15) is 0 Å². The fourth-order valence-corrected chi connectivity index (χ4v) is 3.70. The van der Waals surface area contributed by atoms with E-state index < -0.39 is 0 Å². The lowest BCUT2D eigenvalue weighted by Gasteiger charge is -2.09. The SMILES string of the molecule is Cc1ccccc1C=Nc1ccc(-c2ccc(N=Cc3ccccc3C)c(C)c2)cc1C. The van der Waals surface area contributed by atoms with Crippen LogP contribution in [-0.4, -0.2) is 12.4 Å². The molecule has 2 nitrogen and oxygen atoms in total. The predicted octanol–water partition coefficient (Wildman–Crippen LogP) is 8.09. The van der Waals surface area contributed by atoms with Crippen LogP contribution in [0.25, 0.3) is 11.1 Å². The molecule has 4 aromatic rings. The van der Waals surface area contributed by atoms with E-state index in [0.717, 1.165) is 33.6 Å². The van der Waals surface area contributed by atoms with E-state index in [-0.39, 0.29) is 0 Å². The lowest BCUT2D eigenvalue weighted by molar-refractivity contribution is 1.37. The third-order valence-corrected chi connectivity index (χ3v) is 5.79. The van der Waals surface area contributed by atoms with Crippen LogP contribution in [0.5, 0.6) is 0 Å². The van der Waals surface area contributed by atoms with Gasteiger partial charge in [-0.2, -0.15) is 0 Å². The Balaban J connectivity index is 1.55. The molecule has 0 N–H and O–H groups in total. The first-order valence-corrected chi connectivity index (χ1v) is 10.9. The van der Waals surface area contributed by atoms with Crippen LogP contribution in [0, 0.1) is 27.7 Å². The monoisotopic (exact) mass is 416 g/mol. The van der Waals surface area contributed by atoms with Gasteiger partial charge < -0.3 is 0 Å². The zero-order valence-corrected chi connectivity index (χ0v) is 19.1. The summed E-state index contributed by atoms with van der Waals surface area (Å²) in [5.74, 6) is 0. The number of hydrogen-bond donors (Lipinski definition) is 0. The largest absolute Gasteiger partial charge is 0.256 e. The van der Waals surface area contributed by atoms with Gasteiger partial charge in [-0.3, -0.25) is 9.98 Å². The van der Waals surface area contributed by atoms with Crippen molar-refractivity contribution in [2.45, 2.75) is 27.7 Å². The maximum absolute atomic E-state index is 4.72. The molecule has 0 heterocycles. The first-order chi connectivity index (χ1) is 15.5. The number of benzene rings is 4. The van der Waals surface area contributed by atoms with Crippen LogP contribution in [0.3, 0.4) is 0 Å². The second-order valence-corrected chi connectivity index (χ2v) is 8.23. The van der Waals surface area contributed by atoms with Crippen molar-refractivity contribution in [3.63, 3.8) is 0 Å². The average Bonchev–Trinajstić information content (AvgIpc) is 2.79. The molecule has 0 atom stereocenters. The van der Waals surface area contributed by atoms with Gasteiger partial charge in [0.1, 0.15) is 0 Å². The second kappa shape index (κ2) is 9.57. The van der Waals surface area contributed by atoms with Crippen molar-refractivity contribution in [1.82, 2.24) is 0 Å². The highest BCUT2D eigenvalue weighted by Crippen LogP contribution is 2.30. The van der Waals surface area contributed by atoms with E-state index in [0.29, 0.717) is 0 Å². The molecule has 0 amide bonds. The molecule has 0 spiro atoms. The summed E-state index contributed by atoms with van der Waals surface area (Å²) in [5.41, 5.74) is 11.4. The van der Waals surface area contributed by atoms with Crippen molar-refractivity contribution in [2.24, 2.45) is 9.98 Å². The number of aliphatic imine (C=N–C) groups is 2. The summed E-state index contributed by atoms with van der Waals surface area (Å²) in [6.45, 7) is 8.44. The van der Waals surface area contributed by atoms with Crippen LogP contribution in [0.2, 0.25) is 0 Å². The van der Waals surface area contributed by atoms with Gasteiger partial charge >= 0.3 is 0 Å². The van der Waals surface area contributed by atoms with Crippen LogP contribution in [0.1, 0.15) is 33.4 Å². The minimum Gasteiger partial charge on any atom is -0.256 e. The Labute approximate surface area is 191 Å². The molecule has 4 aromatic carbocycles. The van der Waals surface area contributed by atoms with Gasteiger partial charge in [0, 0.05) is 12.4 Å². The summed E-state index contributed by atoms with van der Waals surface area (Å²) in [4.78, 5) is 9.44. The van der Waals surface area contributed by atoms with Gasteiger partial charge in [-0.15, -0.1) is 0 Å². The molecule has 0 aliphatic rings. The molecule has 0 saturated heterocycles. The van der Waals surface area contributed by atoms with E-state index in [1.54, 1.807) is 0 Å². The van der Waals surface area contributed by atoms with Gasteiger partial charge in [0.2, 0.25) is 0 Å². The first-order valence-electron chi connectivity index (χ1n) is 10.9. The fourth-order valence-electron chi connectivity index (χ4n) is 3.70. The predicted molar refractivity (Wildman–Crippen MR) is 138 cm³/mol. The summed E-state index contributed by atoms with van der Waals surface area (Å²) in [5, 5.41) is 0. The quantitative estimate of drug-likeness (QED) is 0.294. The molecule has 0 aromatic heterocycles. The average molecular weight is 417 g/mol. The molecule has 0 saturated carbocycles. The first kappa shape index (κ1) is 21.5. The maximum atomic E-state index is 4.72. The molecule has 0 aliphatic heterocycles. The Morgan fingerprint density at radius 3 is 1.25 bits per heavy atom. The van der Waals surface area contributed by atoms with E-state index in [1.165, 1.54) is 22.3 Å². The highest BCUT2D eigenvalue weighted by molar-refractivity contribution is 5.85. The fraction of sp³-hybridized carbons (Fsp3) is 0.133. The normalized spacial score (nSPS) is 11.5. The van der Waals surface area contributed by atoms with Gasteiger partial charge in [-0.1, -0.05) is 60.7 Å². The van der Waals surface area contributed by atoms with Crippen molar-refractivity contribution in [3.8, 4) is 11.1 Å². The van der Waals surface area contributed by atoms with E-state index in [4.69, 9.17) is 9.98 Å². The van der Waals surface area contributed by atoms with Crippen LogP contribution < -0.4 is 0 Å². The van der Waals surface area contributed by atoms with Gasteiger partial charge in [0.25, 0.3) is 0 Å². The molecular weight excluding hydrogens is 388 g/mol. The van der Waals surface area contributed by atoms with E-state index in [1.807, 2.05) is 36.7 Å².